The van der Waals surface area contributed by atoms with E-state index in [4.69, 9.17) is 6.58 Å². The molecular weight excluding hydrogens is 907 g/mol. The largest absolute Gasteiger partial charge is 0.311 e. The second kappa shape index (κ2) is 20.7. The van der Waals surface area contributed by atoms with Gasteiger partial charge in [0.25, 0.3) is 0 Å². The van der Waals surface area contributed by atoms with Gasteiger partial charge in [-0.3, -0.25) is 0 Å². The second-order valence-corrected chi connectivity index (χ2v) is 19.8. The average Bonchev–Trinajstić information content (AvgIpc) is 3.44. The van der Waals surface area contributed by atoms with E-state index < -0.39 is 5.41 Å². The fraction of sp³-hybridized carbons (Fsp3) is 0.0833. The number of nitrogens with zero attached hydrogens (tertiary/aromatic N) is 3. The molecule has 0 aromatic heterocycles. The van der Waals surface area contributed by atoms with Gasteiger partial charge in [0.2, 0.25) is 0 Å². The summed E-state index contributed by atoms with van der Waals surface area (Å²) in [5, 5.41) is 0. The van der Waals surface area contributed by atoms with Crippen molar-refractivity contribution in [3.05, 3.63) is 324 Å². The zero-order chi connectivity index (χ0) is 51.5. The molecule has 10 aromatic carbocycles. The van der Waals surface area contributed by atoms with E-state index >= 15 is 0 Å². The SMILES string of the molecule is C=C(/C=C\C(=C/C)N(c1ccc(-c2ccccc2)cc1)c1cc(C)cc(C)c1)C1(c2ccc(N(c3ccc(-c4ccccc4)cc3)c3cc(C)cc(C)c3)cc2)c2ccccc2N(c2ccccc2)c2ccccc21. The van der Waals surface area contributed by atoms with E-state index in [2.05, 4.69) is 316 Å². The third-order valence-electron chi connectivity index (χ3n) is 14.6. The Kier molecular flexibility index (Phi) is 13.3. The van der Waals surface area contributed by atoms with Crippen molar-refractivity contribution in [2.24, 2.45) is 0 Å². The number of allylic oxidation sites excluding steroid dienone is 4. The predicted octanol–water partition coefficient (Wildman–Crippen LogP) is 19.7. The van der Waals surface area contributed by atoms with Crippen LogP contribution in [0.1, 0.15) is 45.9 Å². The molecule has 0 N–H and O–H groups in total. The lowest BCUT2D eigenvalue weighted by Gasteiger charge is -2.46. The molecule has 10 aromatic rings. The van der Waals surface area contributed by atoms with Gasteiger partial charge in [-0.25, -0.2) is 0 Å². The molecule has 0 fully saturated rings. The number of fused-ring (bicyclic) bond motifs is 2. The highest BCUT2D eigenvalue weighted by molar-refractivity contribution is 5.90. The van der Waals surface area contributed by atoms with Crippen molar-refractivity contribution in [3.8, 4) is 22.3 Å². The van der Waals surface area contributed by atoms with Gasteiger partial charge in [0.05, 0.1) is 16.8 Å². The van der Waals surface area contributed by atoms with Crippen LogP contribution < -0.4 is 14.7 Å². The molecular formula is C72H61N3. The highest BCUT2D eigenvalue weighted by Crippen LogP contribution is 2.58. The summed E-state index contributed by atoms with van der Waals surface area (Å²) in [7, 11) is 0. The summed E-state index contributed by atoms with van der Waals surface area (Å²) < 4.78 is 0. The average molecular weight is 968 g/mol. The van der Waals surface area contributed by atoms with E-state index in [1.807, 2.05) is 0 Å². The minimum atomic E-state index is -0.809. The standard InChI is InChI=1S/C72H61N3/c1-7-61(73(66-47-51(2)45-52(3)48-66)63-39-32-58(33-40-63)56-21-11-8-12-22-56)38-31-55(6)72(68-27-17-19-29-70(68)75(62-25-15-10-16-26-62)71-30-20-18-28-69(71)72)60-36-43-65(44-37-60)74(67-49-53(4)46-54(5)50-67)64-41-34-59(35-42-64)57-23-13-9-14-24-57/h7-50H,6H2,1-5H3/b38-31-,61-7+. The second-order valence-electron chi connectivity index (χ2n) is 19.8. The van der Waals surface area contributed by atoms with E-state index in [1.165, 1.54) is 44.5 Å². The van der Waals surface area contributed by atoms with Crippen LogP contribution in [0.15, 0.2) is 285 Å². The first-order chi connectivity index (χ1) is 36.7. The van der Waals surface area contributed by atoms with Gasteiger partial charge in [-0.2, -0.15) is 0 Å². The summed E-state index contributed by atoms with van der Waals surface area (Å²) in [5.74, 6) is 0. The van der Waals surface area contributed by atoms with Gasteiger partial charge >= 0.3 is 0 Å². The molecule has 0 saturated heterocycles. The van der Waals surface area contributed by atoms with Crippen molar-refractivity contribution < 1.29 is 0 Å². The first-order valence-corrected chi connectivity index (χ1v) is 26.0. The van der Waals surface area contributed by atoms with Gasteiger partial charge in [-0.1, -0.05) is 183 Å². The van der Waals surface area contributed by atoms with Crippen molar-refractivity contribution in [3.63, 3.8) is 0 Å². The van der Waals surface area contributed by atoms with Gasteiger partial charge in [0.1, 0.15) is 0 Å². The number of benzene rings is 10. The molecule has 1 heterocycles. The Morgan fingerprint density at radius 1 is 0.400 bits per heavy atom. The minimum Gasteiger partial charge on any atom is -0.311 e. The number of hydrogen-bond donors (Lipinski definition) is 0. The van der Waals surface area contributed by atoms with E-state index in [9.17, 15) is 0 Å². The molecule has 0 spiro atoms. The van der Waals surface area contributed by atoms with Crippen LogP contribution in [0.25, 0.3) is 22.3 Å². The summed E-state index contributed by atoms with van der Waals surface area (Å²) >= 11 is 0. The molecule has 1 aliphatic heterocycles. The Morgan fingerprint density at radius 2 is 0.800 bits per heavy atom. The van der Waals surface area contributed by atoms with Gasteiger partial charge in [-0.15, -0.1) is 0 Å². The van der Waals surface area contributed by atoms with E-state index in [1.54, 1.807) is 0 Å². The molecule has 3 nitrogen and oxygen atoms in total. The Bertz CT molecular complexity index is 3610. The minimum absolute atomic E-state index is 0.809. The molecule has 0 atom stereocenters. The molecule has 3 heteroatoms. The van der Waals surface area contributed by atoms with Crippen molar-refractivity contribution >= 4 is 45.5 Å². The normalized spacial score (nSPS) is 12.8. The molecule has 75 heavy (non-hydrogen) atoms. The fourth-order valence-electron chi connectivity index (χ4n) is 11.3. The predicted molar refractivity (Wildman–Crippen MR) is 319 cm³/mol. The zero-order valence-corrected chi connectivity index (χ0v) is 43.5. The summed E-state index contributed by atoms with van der Waals surface area (Å²) in [5.41, 5.74) is 23.0. The highest BCUT2D eigenvalue weighted by atomic mass is 15.2. The lowest BCUT2D eigenvalue weighted by Crippen LogP contribution is -2.37. The third kappa shape index (κ3) is 9.30. The number of hydrogen-bond acceptors (Lipinski definition) is 3. The number of rotatable bonds is 13. The number of aryl methyl sites for hydroxylation is 4. The van der Waals surface area contributed by atoms with Crippen LogP contribution in [0.3, 0.4) is 0 Å². The van der Waals surface area contributed by atoms with Crippen LogP contribution in [0, 0.1) is 27.7 Å². The maximum absolute atomic E-state index is 5.15. The Labute approximate surface area is 444 Å². The molecule has 11 rings (SSSR count). The first-order valence-electron chi connectivity index (χ1n) is 26.0. The Balaban J connectivity index is 1.07. The van der Waals surface area contributed by atoms with Crippen molar-refractivity contribution in [1.29, 1.82) is 0 Å². The Hall–Kier alpha value is -9.18. The van der Waals surface area contributed by atoms with Crippen LogP contribution in [0.4, 0.5) is 45.5 Å². The number of anilines is 8. The molecule has 0 amide bonds. The van der Waals surface area contributed by atoms with E-state index in [-0.39, 0.29) is 0 Å². The first kappa shape index (κ1) is 48.1. The lowest BCUT2D eigenvalue weighted by molar-refractivity contribution is 0.732. The highest BCUT2D eigenvalue weighted by Gasteiger charge is 2.46. The maximum atomic E-state index is 5.15. The van der Waals surface area contributed by atoms with Crippen molar-refractivity contribution in [1.82, 2.24) is 0 Å². The topological polar surface area (TPSA) is 9.72 Å². The van der Waals surface area contributed by atoms with E-state index in [0.29, 0.717) is 0 Å². The molecule has 0 radical (unpaired) electrons. The summed E-state index contributed by atoms with van der Waals surface area (Å²) in [4.78, 5) is 7.16. The fourth-order valence-corrected chi connectivity index (χ4v) is 11.3. The maximum Gasteiger partial charge on any atom is 0.0736 e. The van der Waals surface area contributed by atoms with Crippen LogP contribution in [0.2, 0.25) is 0 Å². The molecule has 0 saturated carbocycles. The molecule has 0 bridgehead atoms. The van der Waals surface area contributed by atoms with Crippen LogP contribution >= 0.6 is 0 Å². The van der Waals surface area contributed by atoms with Crippen LogP contribution in [0.5, 0.6) is 0 Å². The summed E-state index contributed by atoms with van der Waals surface area (Å²) in [6.45, 7) is 16.0. The number of para-hydroxylation sites is 3. The van der Waals surface area contributed by atoms with Crippen molar-refractivity contribution in [2.75, 3.05) is 14.7 Å². The Morgan fingerprint density at radius 3 is 1.28 bits per heavy atom. The van der Waals surface area contributed by atoms with Gasteiger partial charge in [-0.05, 0) is 192 Å². The molecule has 364 valence electrons. The van der Waals surface area contributed by atoms with Crippen LogP contribution in [-0.2, 0) is 5.41 Å². The summed E-state index contributed by atoms with van der Waals surface area (Å²) in [6, 6.07) is 90.4. The van der Waals surface area contributed by atoms with E-state index in [0.717, 1.165) is 73.5 Å². The molecule has 0 unspecified atom stereocenters. The monoisotopic (exact) mass is 967 g/mol. The van der Waals surface area contributed by atoms with Gasteiger partial charge < -0.3 is 14.7 Å². The third-order valence-corrected chi connectivity index (χ3v) is 14.6. The van der Waals surface area contributed by atoms with Gasteiger partial charge in [0, 0.05) is 39.8 Å². The van der Waals surface area contributed by atoms with Gasteiger partial charge in [0.15, 0.2) is 0 Å². The lowest BCUT2D eigenvalue weighted by atomic mass is 9.62. The van der Waals surface area contributed by atoms with Crippen LogP contribution in [-0.4, -0.2) is 0 Å². The quantitative estimate of drug-likeness (QED) is 0.107. The summed E-state index contributed by atoms with van der Waals surface area (Å²) in [6.07, 6.45) is 6.73. The zero-order valence-electron chi connectivity index (χ0n) is 43.5. The molecule has 1 aliphatic rings. The van der Waals surface area contributed by atoms with Crippen molar-refractivity contribution in [2.45, 2.75) is 40.0 Å². The molecule has 0 aliphatic carbocycles. The smallest absolute Gasteiger partial charge is 0.0736 e.